The zero-order valence-corrected chi connectivity index (χ0v) is 25.7. The first-order valence-corrected chi connectivity index (χ1v) is 15.0. The summed E-state index contributed by atoms with van der Waals surface area (Å²) in [4.78, 5) is 26.0. The van der Waals surface area contributed by atoms with Crippen molar-refractivity contribution in [1.82, 2.24) is 4.57 Å². The molecule has 0 radical (unpaired) electrons. The molecular weight excluding hydrogens is 559 g/mol. The lowest BCUT2D eigenvalue weighted by molar-refractivity contribution is -0.305. The van der Waals surface area contributed by atoms with Crippen molar-refractivity contribution in [2.24, 2.45) is 0 Å². The molecule has 2 heterocycles. The Hall–Kier alpha value is -4.27. The van der Waals surface area contributed by atoms with Crippen LogP contribution >= 0.6 is 0 Å². The number of carboxylic acid groups (broad SMARTS) is 1. The van der Waals surface area contributed by atoms with Crippen LogP contribution in [0, 0.1) is 5.82 Å². The van der Waals surface area contributed by atoms with Gasteiger partial charge in [0, 0.05) is 23.4 Å². The van der Waals surface area contributed by atoms with Gasteiger partial charge in [-0.2, -0.15) is 0 Å². The van der Waals surface area contributed by atoms with Crippen molar-refractivity contribution in [1.29, 1.82) is 0 Å². The molecule has 3 atom stereocenters. The van der Waals surface area contributed by atoms with Gasteiger partial charge in [0.05, 0.1) is 35.9 Å². The first kappa shape index (κ1) is 31.2. The fourth-order valence-corrected chi connectivity index (χ4v) is 6.25. The molecule has 230 valence electrons. The fraction of sp³-hybridized carbons (Fsp3) is 0.333. The molecule has 2 N–H and O–H groups in total. The predicted octanol–water partition coefficient (Wildman–Crippen LogP) is 8.28. The van der Waals surface area contributed by atoms with Gasteiger partial charge in [-0.3, -0.25) is 9.59 Å². The normalized spacial score (nSPS) is 18.6. The van der Waals surface area contributed by atoms with Crippen molar-refractivity contribution in [2.45, 2.75) is 77.4 Å². The number of nitrogens with zero attached hydrogens (tertiary/aromatic N) is 1. The molecule has 1 aromatic heterocycles. The van der Waals surface area contributed by atoms with E-state index < -0.39 is 24.0 Å². The van der Waals surface area contributed by atoms with Gasteiger partial charge < -0.3 is 24.5 Å². The van der Waals surface area contributed by atoms with E-state index in [1.165, 1.54) is 12.1 Å². The molecule has 0 spiro atoms. The largest absolute Gasteiger partial charge is 0.481 e. The van der Waals surface area contributed by atoms with Crippen molar-refractivity contribution < 1.29 is 28.6 Å². The number of amides is 1. The van der Waals surface area contributed by atoms with Crippen molar-refractivity contribution in [3.05, 3.63) is 102 Å². The third-order valence-corrected chi connectivity index (χ3v) is 7.96. The molecular formula is C36H39FN2O5. The lowest BCUT2D eigenvalue weighted by atomic mass is 9.94. The summed E-state index contributed by atoms with van der Waals surface area (Å²) in [6.07, 6.45) is -0.795. The molecule has 0 saturated carbocycles. The molecule has 1 unspecified atom stereocenters. The number of aromatic nitrogens is 1. The maximum absolute atomic E-state index is 14.4. The zero-order valence-electron chi connectivity index (χ0n) is 25.7. The van der Waals surface area contributed by atoms with Crippen LogP contribution in [0.25, 0.3) is 22.4 Å². The molecule has 1 saturated heterocycles. The number of para-hydroxylation sites is 1. The van der Waals surface area contributed by atoms with Crippen LogP contribution in [0.1, 0.15) is 75.5 Å². The van der Waals surface area contributed by atoms with Gasteiger partial charge in [0.2, 0.25) is 0 Å². The monoisotopic (exact) mass is 598 g/mol. The van der Waals surface area contributed by atoms with Gasteiger partial charge in [0.1, 0.15) is 5.82 Å². The minimum atomic E-state index is -1.02. The fourth-order valence-electron chi connectivity index (χ4n) is 6.25. The predicted molar refractivity (Wildman–Crippen MR) is 169 cm³/mol. The van der Waals surface area contributed by atoms with E-state index in [-0.39, 0.29) is 30.1 Å². The van der Waals surface area contributed by atoms with E-state index in [9.17, 15) is 19.1 Å². The van der Waals surface area contributed by atoms with Crippen LogP contribution in [0.5, 0.6) is 0 Å². The van der Waals surface area contributed by atoms with E-state index in [1.54, 1.807) is 26.0 Å². The second-order valence-corrected chi connectivity index (χ2v) is 12.1. The topological polar surface area (TPSA) is 89.8 Å². The van der Waals surface area contributed by atoms with Crippen molar-refractivity contribution >= 4 is 17.6 Å². The Bertz CT molecular complexity index is 1610. The third kappa shape index (κ3) is 6.61. The number of carbonyl (C=O) groups is 2. The number of benzene rings is 3. The van der Waals surface area contributed by atoms with Gasteiger partial charge in [-0.1, -0.05) is 62.4 Å². The van der Waals surface area contributed by atoms with E-state index in [1.807, 2.05) is 81.4 Å². The number of halogens is 1. The number of hydrogen-bond donors (Lipinski definition) is 2. The van der Waals surface area contributed by atoms with E-state index in [4.69, 9.17) is 9.47 Å². The Morgan fingerprint density at radius 3 is 2.14 bits per heavy atom. The van der Waals surface area contributed by atoms with Gasteiger partial charge in [0.15, 0.2) is 5.79 Å². The Morgan fingerprint density at radius 2 is 1.55 bits per heavy atom. The number of rotatable bonds is 9. The number of ether oxygens (including phenoxy) is 2. The molecule has 4 aromatic rings. The molecule has 8 heteroatoms. The molecule has 7 nitrogen and oxygen atoms in total. The molecule has 3 aromatic carbocycles. The number of hydrogen-bond acceptors (Lipinski definition) is 4. The quantitative estimate of drug-likeness (QED) is 0.202. The van der Waals surface area contributed by atoms with Crippen LogP contribution in [0.3, 0.4) is 0 Å². The summed E-state index contributed by atoms with van der Waals surface area (Å²) >= 11 is 0. The average Bonchev–Trinajstić information content (AvgIpc) is 3.33. The number of aliphatic carboxylic acids is 1. The summed E-state index contributed by atoms with van der Waals surface area (Å²) in [5.74, 6) is -2.69. The van der Waals surface area contributed by atoms with E-state index in [0.717, 1.165) is 28.1 Å². The summed E-state index contributed by atoms with van der Waals surface area (Å²) < 4.78 is 28.8. The highest BCUT2D eigenvalue weighted by molar-refractivity contribution is 6.12. The molecule has 1 fully saturated rings. The van der Waals surface area contributed by atoms with E-state index >= 15 is 0 Å². The Kier molecular flexibility index (Phi) is 9.04. The summed E-state index contributed by atoms with van der Waals surface area (Å²) in [5, 5.41) is 12.7. The molecule has 1 aliphatic heterocycles. The van der Waals surface area contributed by atoms with Crippen LogP contribution in [-0.4, -0.2) is 39.5 Å². The number of carbonyl (C=O) groups excluding carboxylic acids is 1. The highest BCUT2D eigenvalue weighted by Crippen LogP contribution is 2.46. The lowest BCUT2D eigenvalue weighted by Gasteiger charge is -2.43. The summed E-state index contributed by atoms with van der Waals surface area (Å²) in [7, 11) is 0. The number of nitrogens with one attached hydrogen (secondary N) is 1. The Balaban J connectivity index is 1.78. The SMILES string of the molecule is CC(C)c1c(C(=O)Nc2ccccc2)c(-c2ccccc2)c(-c2ccc(F)cc2)n1C(C)[C@H]1C[C@H](CC(=O)O)OC(C)(C)O1. The molecule has 1 aliphatic rings. The molecule has 44 heavy (non-hydrogen) atoms. The third-order valence-electron chi connectivity index (χ3n) is 7.96. The highest BCUT2D eigenvalue weighted by Gasteiger charge is 2.41. The number of carboxylic acids is 1. The van der Waals surface area contributed by atoms with Crippen molar-refractivity contribution in [2.75, 3.05) is 5.32 Å². The minimum absolute atomic E-state index is 0.103. The van der Waals surface area contributed by atoms with Gasteiger partial charge >= 0.3 is 5.97 Å². The lowest BCUT2D eigenvalue weighted by Crippen LogP contribution is -2.48. The van der Waals surface area contributed by atoms with Crippen LogP contribution in [0.2, 0.25) is 0 Å². The van der Waals surface area contributed by atoms with Crippen molar-refractivity contribution in [3.63, 3.8) is 0 Å². The minimum Gasteiger partial charge on any atom is -0.481 e. The molecule has 5 rings (SSSR count). The van der Waals surface area contributed by atoms with Crippen LogP contribution in [0.4, 0.5) is 10.1 Å². The summed E-state index contributed by atoms with van der Waals surface area (Å²) in [5.41, 5.74) is 5.06. The average molecular weight is 599 g/mol. The standard InChI is InChI=1S/C36H39FN2O5/c1-22(2)33-32(35(42)38-27-14-10-7-11-15-27)31(24-12-8-6-9-13-24)34(25-16-18-26(37)19-17-25)39(33)23(3)29-20-28(21-30(40)41)43-36(4,5)44-29/h6-19,22-23,28-29H,20-21H2,1-5H3,(H,38,42)(H,40,41)/t23?,28-,29-/m1/s1. The maximum atomic E-state index is 14.4. The van der Waals surface area contributed by atoms with Gasteiger partial charge in [-0.05, 0) is 74.2 Å². The first-order valence-electron chi connectivity index (χ1n) is 15.0. The van der Waals surface area contributed by atoms with E-state index in [0.29, 0.717) is 17.7 Å². The zero-order chi connectivity index (χ0) is 31.6. The summed E-state index contributed by atoms with van der Waals surface area (Å²) in [6.45, 7) is 9.69. The Morgan fingerprint density at radius 1 is 0.932 bits per heavy atom. The van der Waals surface area contributed by atoms with Crippen LogP contribution < -0.4 is 5.32 Å². The van der Waals surface area contributed by atoms with E-state index in [2.05, 4.69) is 9.88 Å². The molecule has 0 aliphatic carbocycles. The van der Waals surface area contributed by atoms with Gasteiger partial charge in [-0.15, -0.1) is 0 Å². The second kappa shape index (κ2) is 12.8. The number of anilines is 1. The Labute approximate surface area is 257 Å². The van der Waals surface area contributed by atoms with Gasteiger partial charge in [0.25, 0.3) is 5.91 Å². The maximum Gasteiger partial charge on any atom is 0.305 e. The highest BCUT2D eigenvalue weighted by atomic mass is 19.1. The van der Waals surface area contributed by atoms with Crippen LogP contribution in [-0.2, 0) is 14.3 Å². The molecule has 0 bridgehead atoms. The van der Waals surface area contributed by atoms with Crippen molar-refractivity contribution in [3.8, 4) is 22.4 Å². The van der Waals surface area contributed by atoms with Gasteiger partial charge in [-0.25, -0.2) is 4.39 Å². The molecule has 1 amide bonds. The van der Waals surface area contributed by atoms with Crippen LogP contribution in [0.15, 0.2) is 84.9 Å². The second-order valence-electron chi connectivity index (χ2n) is 12.1. The first-order chi connectivity index (χ1) is 20.9. The summed E-state index contributed by atoms with van der Waals surface area (Å²) in [6, 6.07) is 25.0. The smallest absolute Gasteiger partial charge is 0.305 e.